The first-order chi connectivity index (χ1) is 4.95. The third-order valence-electron chi connectivity index (χ3n) is 1.46. The van der Waals surface area contributed by atoms with Crippen LogP contribution in [0.25, 0.3) is 0 Å². The summed E-state index contributed by atoms with van der Waals surface area (Å²) in [7, 11) is 0. The highest BCUT2D eigenvalue weighted by Gasteiger charge is 1.99. The van der Waals surface area contributed by atoms with Crippen molar-refractivity contribution < 1.29 is 0 Å². The molecule has 0 spiro atoms. The van der Waals surface area contributed by atoms with Gasteiger partial charge in [0.25, 0.3) is 0 Å². The van der Waals surface area contributed by atoms with Crippen molar-refractivity contribution in [2.24, 2.45) is 5.92 Å². The Morgan fingerprint density at radius 2 is 1.64 bits per heavy atom. The Bertz CT molecular complexity index is 181. The summed E-state index contributed by atoms with van der Waals surface area (Å²) >= 11 is 4.43. The molecule has 0 amide bonds. The molecule has 64 valence electrons. The highest BCUT2D eigenvalue weighted by Crippen LogP contribution is 2.19. The second-order valence-corrected chi connectivity index (χ2v) is 3.93. The molecule has 0 saturated heterocycles. The van der Waals surface area contributed by atoms with E-state index in [1.165, 1.54) is 16.1 Å². The van der Waals surface area contributed by atoms with E-state index in [2.05, 4.69) is 53.3 Å². The van der Waals surface area contributed by atoms with Gasteiger partial charge in [0.05, 0.1) is 0 Å². The van der Waals surface area contributed by atoms with Crippen LogP contribution >= 0.6 is 12.6 Å². The minimum Gasteiger partial charge on any atom is -0.147 e. The molecule has 0 aliphatic heterocycles. The van der Waals surface area contributed by atoms with Crippen LogP contribution in [0, 0.1) is 5.92 Å². The fraction of sp³-hybridized carbons (Fsp3) is 0.600. The van der Waals surface area contributed by atoms with Gasteiger partial charge in [-0.2, -0.15) is 0 Å². The first kappa shape index (κ1) is 10.8. The molecule has 0 unspecified atom stereocenters. The van der Waals surface area contributed by atoms with Crippen molar-refractivity contribution in [2.75, 3.05) is 0 Å². The average molecular weight is 170 g/mol. The molecule has 0 bridgehead atoms. The molecule has 0 aromatic carbocycles. The van der Waals surface area contributed by atoms with Gasteiger partial charge in [-0.1, -0.05) is 25.5 Å². The molecule has 0 atom stereocenters. The highest BCUT2D eigenvalue weighted by atomic mass is 32.1. The van der Waals surface area contributed by atoms with Gasteiger partial charge in [0.2, 0.25) is 0 Å². The predicted molar refractivity (Wildman–Crippen MR) is 56.0 cm³/mol. The van der Waals surface area contributed by atoms with E-state index >= 15 is 0 Å². The Labute approximate surface area is 75.8 Å². The number of hydrogen-bond acceptors (Lipinski definition) is 1. The van der Waals surface area contributed by atoms with E-state index in [1.807, 2.05) is 0 Å². The maximum Gasteiger partial charge on any atom is -0.0129 e. The second-order valence-electron chi connectivity index (χ2n) is 3.44. The van der Waals surface area contributed by atoms with Gasteiger partial charge in [-0.05, 0) is 37.2 Å². The summed E-state index contributed by atoms with van der Waals surface area (Å²) in [6, 6.07) is 0. The summed E-state index contributed by atoms with van der Waals surface area (Å²) in [5.74, 6) is 0.536. The maximum atomic E-state index is 4.43. The van der Waals surface area contributed by atoms with Crippen molar-refractivity contribution in [2.45, 2.75) is 34.6 Å². The van der Waals surface area contributed by atoms with Crippen molar-refractivity contribution in [3.8, 4) is 0 Å². The van der Waals surface area contributed by atoms with E-state index in [4.69, 9.17) is 0 Å². The van der Waals surface area contributed by atoms with Crippen LogP contribution in [-0.4, -0.2) is 0 Å². The van der Waals surface area contributed by atoms with Gasteiger partial charge < -0.3 is 0 Å². The lowest BCUT2D eigenvalue weighted by Gasteiger charge is -2.06. The fourth-order valence-corrected chi connectivity index (χ4v) is 1.03. The van der Waals surface area contributed by atoms with Crippen LogP contribution in [0.1, 0.15) is 34.6 Å². The number of rotatable bonds is 2. The third-order valence-corrected chi connectivity index (χ3v) is 2.33. The Balaban J connectivity index is 4.54. The number of thiol groups is 1. The minimum absolute atomic E-state index is 0.536. The van der Waals surface area contributed by atoms with E-state index in [0.29, 0.717) is 5.92 Å². The van der Waals surface area contributed by atoms with Gasteiger partial charge in [0.15, 0.2) is 0 Å². The molecule has 0 aromatic rings. The van der Waals surface area contributed by atoms with Crippen LogP contribution in [0.5, 0.6) is 0 Å². The van der Waals surface area contributed by atoms with Crippen LogP contribution in [0.4, 0.5) is 0 Å². The Morgan fingerprint density at radius 3 is 1.91 bits per heavy atom. The quantitative estimate of drug-likeness (QED) is 0.473. The normalized spacial score (nSPS) is 13.0. The van der Waals surface area contributed by atoms with Gasteiger partial charge in [-0.15, -0.1) is 12.6 Å². The van der Waals surface area contributed by atoms with Gasteiger partial charge in [0, 0.05) is 0 Å². The van der Waals surface area contributed by atoms with Gasteiger partial charge in [-0.3, -0.25) is 0 Å². The van der Waals surface area contributed by atoms with Crippen LogP contribution in [-0.2, 0) is 0 Å². The zero-order valence-corrected chi connectivity index (χ0v) is 9.00. The summed E-state index contributed by atoms with van der Waals surface area (Å²) in [5.41, 5.74) is 2.61. The summed E-state index contributed by atoms with van der Waals surface area (Å²) in [6.45, 7) is 10.6. The first-order valence-electron chi connectivity index (χ1n) is 3.99. The summed E-state index contributed by atoms with van der Waals surface area (Å²) in [6.07, 6.45) is 2.17. The zero-order valence-electron chi connectivity index (χ0n) is 8.10. The van der Waals surface area contributed by atoms with Crippen molar-refractivity contribution >= 4 is 12.6 Å². The van der Waals surface area contributed by atoms with E-state index in [9.17, 15) is 0 Å². The summed E-state index contributed by atoms with van der Waals surface area (Å²) in [5, 5.41) is 0. The van der Waals surface area contributed by atoms with Gasteiger partial charge in [-0.25, -0.2) is 0 Å². The monoisotopic (exact) mass is 170 g/mol. The van der Waals surface area contributed by atoms with E-state index < -0.39 is 0 Å². The Morgan fingerprint density at radius 1 is 1.18 bits per heavy atom. The van der Waals surface area contributed by atoms with Crippen molar-refractivity contribution in [3.05, 3.63) is 22.1 Å². The molecular formula is C10H18S. The molecule has 0 aliphatic carbocycles. The predicted octanol–water partition coefficient (Wildman–Crippen LogP) is 3.81. The number of hydrogen-bond donors (Lipinski definition) is 1. The van der Waals surface area contributed by atoms with E-state index in [1.54, 1.807) is 0 Å². The third kappa shape index (κ3) is 4.31. The smallest absolute Gasteiger partial charge is 0.0129 e. The van der Waals surface area contributed by atoms with E-state index in [0.717, 1.165) is 0 Å². The fourth-order valence-electron chi connectivity index (χ4n) is 0.962. The largest absolute Gasteiger partial charge is 0.147 e. The van der Waals surface area contributed by atoms with Gasteiger partial charge in [0.1, 0.15) is 0 Å². The highest BCUT2D eigenvalue weighted by molar-refractivity contribution is 7.84. The first-order valence-corrected chi connectivity index (χ1v) is 4.44. The molecule has 11 heavy (non-hydrogen) atoms. The standard InChI is InChI=1S/C10H18S/c1-7(2)6-9(5)10(11)8(3)4/h6,8,11H,1-5H3/b10-9+. The Kier molecular flexibility index (Phi) is 4.58. The molecule has 0 aromatic heterocycles. The van der Waals surface area contributed by atoms with Crippen LogP contribution in [0.15, 0.2) is 22.1 Å². The van der Waals surface area contributed by atoms with Crippen molar-refractivity contribution in [1.82, 2.24) is 0 Å². The molecule has 0 N–H and O–H groups in total. The molecule has 0 aliphatic rings. The lowest BCUT2D eigenvalue weighted by atomic mass is 10.1. The van der Waals surface area contributed by atoms with Gasteiger partial charge >= 0.3 is 0 Å². The van der Waals surface area contributed by atoms with Crippen LogP contribution < -0.4 is 0 Å². The molecule has 0 fully saturated rings. The zero-order chi connectivity index (χ0) is 9.02. The minimum atomic E-state index is 0.536. The molecular weight excluding hydrogens is 152 g/mol. The topological polar surface area (TPSA) is 0 Å². The van der Waals surface area contributed by atoms with Crippen molar-refractivity contribution in [3.63, 3.8) is 0 Å². The molecule has 0 nitrogen and oxygen atoms in total. The maximum absolute atomic E-state index is 4.43. The molecule has 0 saturated carbocycles. The molecule has 0 heterocycles. The lowest BCUT2D eigenvalue weighted by molar-refractivity contribution is 0.811. The van der Waals surface area contributed by atoms with Crippen LogP contribution in [0.3, 0.4) is 0 Å². The lowest BCUT2D eigenvalue weighted by Crippen LogP contribution is -1.89. The SMILES string of the molecule is CC(C)=C/C(C)=C(/S)C(C)C. The molecule has 0 rings (SSSR count). The summed E-state index contributed by atoms with van der Waals surface area (Å²) < 4.78 is 0. The second kappa shape index (κ2) is 4.66. The Hall–Kier alpha value is -0.170. The van der Waals surface area contributed by atoms with E-state index in [-0.39, 0.29) is 0 Å². The molecule has 1 heteroatoms. The van der Waals surface area contributed by atoms with Crippen molar-refractivity contribution in [1.29, 1.82) is 0 Å². The average Bonchev–Trinajstić information content (AvgIpc) is 1.84. The van der Waals surface area contributed by atoms with Crippen LogP contribution in [0.2, 0.25) is 0 Å². The summed E-state index contributed by atoms with van der Waals surface area (Å²) in [4.78, 5) is 1.19. The number of allylic oxidation sites excluding steroid dienone is 4. The molecule has 0 radical (unpaired) electrons.